The summed E-state index contributed by atoms with van der Waals surface area (Å²) < 4.78 is 2.50. The van der Waals surface area contributed by atoms with E-state index in [0.29, 0.717) is 33.6 Å². The molecule has 4 rings (SSSR count). The Morgan fingerprint density at radius 2 is 1.96 bits per heavy atom. The molecule has 0 atom stereocenters. The van der Waals surface area contributed by atoms with Gasteiger partial charge in [-0.15, -0.1) is 0 Å². The first kappa shape index (κ1) is 16.2. The van der Waals surface area contributed by atoms with Crippen molar-refractivity contribution in [3.05, 3.63) is 70.6 Å². The minimum atomic E-state index is 0.373. The zero-order valence-electron chi connectivity index (χ0n) is 13.6. The summed E-state index contributed by atoms with van der Waals surface area (Å²) in [5.74, 6) is 0.373. The molecule has 0 saturated heterocycles. The third kappa shape index (κ3) is 2.80. The molecule has 0 aliphatic carbocycles. The second-order valence-corrected chi connectivity index (χ2v) is 6.52. The maximum absolute atomic E-state index is 9.37. The number of nitrogen functional groups attached to an aromatic ring is 1. The molecule has 0 fully saturated rings. The van der Waals surface area contributed by atoms with Gasteiger partial charge in [0, 0.05) is 18.0 Å². The first-order valence-electron chi connectivity index (χ1n) is 7.89. The van der Waals surface area contributed by atoms with Crippen molar-refractivity contribution in [2.75, 3.05) is 5.73 Å². The SMILES string of the molecule is N#Cc1ccccc1-c1nc(N)c2cn(Cc3ccccn3)nc2c1Br. The standard InChI is InChI=1S/C19H13BrN6/c20-16-17(14-7-2-1-5-12(14)9-21)24-19(22)15-11-26(25-18(15)16)10-13-6-3-4-8-23-13/h1-8,11H,10H2,(H2,22,24). The predicted molar refractivity (Wildman–Crippen MR) is 103 cm³/mol. The molecule has 0 unspecified atom stereocenters. The van der Waals surface area contributed by atoms with E-state index in [4.69, 9.17) is 5.73 Å². The van der Waals surface area contributed by atoms with Gasteiger partial charge in [0.05, 0.1) is 39.4 Å². The molecule has 3 aromatic heterocycles. The number of halogens is 1. The summed E-state index contributed by atoms with van der Waals surface area (Å²) >= 11 is 3.60. The molecule has 0 bridgehead atoms. The van der Waals surface area contributed by atoms with Gasteiger partial charge in [0.25, 0.3) is 0 Å². The first-order valence-corrected chi connectivity index (χ1v) is 8.68. The van der Waals surface area contributed by atoms with E-state index < -0.39 is 0 Å². The van der Waals surface area contributed by atoms with E-state index in [1.165, 1.54) is 0 Å². The fourth-order valence-corrected chi connectivity index (χ4v) is 3.41. The highest BCUT2D eigenvalue weighted by Gasteiger charge is 2.17. The quantitative estimate of drug-likeness (QED) is 0.560. The van der Waals surface area contributed by atoms with Crippen molar-refractivity contribution < 1.29 is 0 Å². The van der Waals surface area contributed by atoms with Crippen molar-refractivity contribution in [1.82, 2.24) is 19.7 Å². The molecule has 7 heteroatoms. The van der Waals surface area contributed by atoms with Gasteiger partial charge in [-0.25, -0.2) is 4.98 Å². The number of anilines is 1. The number of hydrogen-bond acceptors (Lipinski definition) is 5. The van der Waals surface area contributed by atoms with Crippen LogP contribution in [-0.4, -0.2) is 19.7 Å². The molecule has 0 saturated carbocycles. The van der Waals surface area contributed by atoms with Crippen molar-refractivity contribution in [2.24, 2.45) is 0 Å². The maximum atomic E-state index is 9.37. The molecular weight excluding hydrogens is 392 g/mol. The number of benzene rings is 1. The summed E-state index contributed by atoms with van der Waals surface area (Å²) in [4.78, 5) is 8.83. The van der Waals surface area contributed by atoms with Crippen LogP contribution in [0.4, 0.5) is 5.82 Å². The third-order valence-electron chi connectivity index (χ3n) is 4.04. The van der Waals surface area contributed by atoms with E-state index in [-0.39, 0.29) is 0 Å². The number of rotatable bonds is 3. The summed E-state index contributed by atoms with van der Waals surface area (Å²) in [7, 11) is 0. The Kier molecular flexibility index (Phi) is 4.11. The van der Waals surface area contributed by atoms with Crippen molar-refractivity contribution in [3.63, 3.8) is 0 Å². The molecule has 1 aromatic carbocycles. The van der Waals surface area contributed by atoms with Gasteiger partial charge in [0.1, 0.15) is 11.3 Å². The molecule has 26 heavy (non-hydrogen) atoms. The van der Waals surface area contributed by atoms with Crippen LogP contribution in [0.5, 0.6) is 0 Å². The average Bonchev–Trinajstić information content (AvgIpc) is 3.10. The van der Waals surface area contributed by atoms with Gasteiger partial charge in [0.2, 0.25) is 0 Å². The van der Waals surface area contributed by atoms with Crippen LogP contribution in [-0.2, 0) is 6.54 Å². The molecule has 0 aliphatic heterocycles. The van der Waals surface area contributed by atoms with Crippen molar-refractivity contribution in [3.8, 4) is 17.3 Å². The monoisotopic (exact) mass is 404 g/mol. The lowest BCUT2D eigenvalue weighted by Gasteiger charge is -2.07. The molecule has 0 spiro atoms. The molecular formula is C19H13BrN6. The Labute approximate surface area is 158 Å². The Morgan fingerprint density at radius 1 is 1.15 bits per heavy atom. The normalized spacial score (nSPS) is 10.8. The highest BCUT2D eigenvalue weighted by Crippen LogP contribution is 2.36. The number of nitrogens with two attached hydrogens (primary N) is 1. The molecule has 2 N–H and O–H groups in total. The first-order chi connectivity index (χ1) is 12.7. The zero-order chi connectivity index (χ0) is 18.1. The van der Waals surface area contributed by atoms with Crippen molar-refractivity contribution in [2.45, 2.75) is 6.54 Å². The molecule has 0 amide bonds. The fourth-order valence-electron chi connectivity index (χ4n) is 2.82. The molecule has 4 aromatic rings. The lowest BCUT2D eigenvalue weighted by molar-refractivity contribution is 0.680. The van der Waals surface area contributed by atoms with Crippen LogP contribution in [0.25, 0.3) is 22.2 Å². The van der Waals surface area contributed by atoms with Crippen LogP contribution in [0.1, 0.15) is 11.3 Å². The molecule has 0 radical (unpaired) electrons. The Morgan fingerprint density at radius 3 is 2.73 bits per heavy atom. The summed E-state index contributed by atoms with van der Waals surface area (Å²) in [6, 6.07) is 15.2. The third-order valence-corrected chi connectivity index (χ3v) is 4.79. The number of fused-ring (bicyclic) bond motifs is 1. The minimum absolute atomic E-state index is 0.373. The van der Waals surface area contributed by atoms with Gasteiger partial charge in [0.15, 0.2) is 0 Å². The van der Waals surface area contributed by atoms with Gasteiger partial charge in [-0.2, -0.15) is 10.4 Å². The highest BCUT2D eigenvalue weighted by atomic mass is 79.9. The van der Waals surface area contributed by atoms with E-state index in [0.717, 1.165) is 16.6 Å². The van der Waals surface area contributed by atoms with Crippen LogP contribution in [0.2, 0.25) is 0 Å². The van der Waals surface area contributed by atoms with Gasteiger partial charge >= 0.3 is 0 Å². The number of nitriles is 1. The topological polar surface area (TPSA) is 93.4 Å². The minimum Gasteiger partial charge on any atom is -0.383 e. The molecule has 3 heterocycles. The Balaban J connectivity index is 1.85. The van der Waals surface area contributed by atoms with Crippen LogP contribution >= 0.6 is 15.9 Å². The molecule has 126 valence electrons. The van der Waals surface area contributed by atoms with Crippen LogP contribution < -0.4 is 5.73 Å². The number of hydrogen-bond donors (Lipinski definition) is 1. The Bertz CT molecular complexity index is 1140. The zero-order valence-corrected chi connectivity index (χ0v) is 15.2. The molecule has 0 aliphatic rings. The van der Waals surface area contributed by atoms with Gasteiger partial charge in [-0.05, 0) is 34.1 Å². The van der Waals surface area contributed by atoms with Crippen LogP contribution in [0.15, 0.2) is 59.3 Å². The van der Waals surface area contributed by atoms with Gasteiger partial charge in [-0.3, -0.25) is 9.67 Å². The average molecular weight is 405 g/mol. The van der Waals surface area contributed by atoms with Gasteiger partial charge < -0.3 is 5.73 Å². The Hall–Kier alpha value is -3.24. The van der Waals surface area contributed by atoms with E-state index in [1.54, 1.807) is 16.9 Å². The van der Waals surface area contributed by atoms with E-state index in [9.17, 15) is 5.26 Å². The number of nitrogens with zero attached hydrogens (tertiary/aromatic N) is 5. The van der Waals surface area contributed by atoms with Crippen molar-refractivity contribution in [1.29, 1.82) is 5.26 Å². The van der Waals surface area contributed by atoms with Crippen LogP contribution in [0.3, 0.4) is 0 Å². The summed E-state index contributed by atoms with van der Waals surface area (Å²) in [6.07, 6.45) is 3.61. The number of pyridine rings is 2. The van der Waals surface area contributed by atoms with Crippen LogP contribution in [0, 0.1) is 11.3 Å². The lowest BCUT2D eigenvalue weighted by atomic mass is 10.0. The second-order valence-electron chi connectivity index (χ2n) is 5.73. The predicted octanol–water partition coefficient (Wildman–Crippen LogP) is 3.76. The fraction of sp³-hybridized carbons (Fsp3) is 0.0526. The van der Waals surface area contributed by atoms with Crippen molar-refractivity contribution >= 4 is 32.7 Å². The summed E-state index contributed by atoms with van der Waals surface area (Å²) in [5, 5.41) is 14.8. The largest absolute Gasteiger partial charge is 0.383 e. The van der Waals surface area contributed by atoms with E-state index in [1.807, 2.05) is 42.6 Å². The summed E-state index contributed by atoms with van der Waals surface area (Å²) in [5.41, 5.74) is 9.64. The second kappa shape index (κ2) is 6.58. The van der Waals surface area contributed by atoms with E-state index >= 15 is 0 Å². The summed E-state index contributed by atoms with van der Waals surface area (Å²) in [6.45, 7) is 0.533. The number of aromatic nitrogens is 4. The van der Waals surface area contributed by atoms with Gasteiger partial charge in [-0.1, -0.05) is 24.3 Å². The smallest absolute Gasteiger partial charge is 0.135 e. The maximum Gasteiger partial charge on any atom is 0.135 e. The lowest BCUT2D eigenvalue weighted by Crippen LogP contribution is -2.01. The molecule has 6 nitrogen and oxygen atoms in total. The highest BCUT2D eigenvalue weighted by molar-refractivity contribution is 9.10. The van der Waals surface area contributed by atoms with E-state index in [2.05, 4.69) is 37.1 Å².